The Morgan fingerprint density at radius 2 is 1.96 bits per heavy atom. The maximum atomic E-state index is 12.2. The van der Waals surface area contributed by atoms with Crippen molar-refractivity contribution in [2.45, 2.75) is 0 Å². The van der Waals surface area contributed by atoms with Crippen molar-refractivity contribution in [1.29, 1.82) is 0 Å². The Hall–Kier alpha value is -3.13. The monoisotopic (exact) mass is 360 g/mol. The number of anilines is 2. The zero-order valence-electron chi connectivity index (χ0n) is 12.9. The van der Waals surface area contributed by atoms with Crippen LogP contribution in [0.25, 0.3) is 0 Å². The topological polar surface area (TPSA) is 105 Å². The summed E-state index contributed by atoms with van der Waals surface area (Å²) in [5, 5.41) is 16.2. The van der Waals surface area contributed by atoms with Crippen molar-refractivity contribution in [1.82, 2.24) is 5.32 Å². The van der Waals surface area contributed by atoms with Crippen LogP contribution in [-0.4, -0.2) is 30.0 Å². The van der Waals surface area contributed by atoms with Crippen LogP contribution < -0.4 is 15.5 Å². The van der Waals surface area contributed by atoms with Crippen LogP contribution in [0.15, 0.2) is 42.5 Å². The van der Waals surface area contributed by atoms with E-state index in [1.807, 2.05) is 0 Å². The van der Waals surface area contributed by atoms with Gasteiger partial charge in [-0.25, -0.2) is 4.79 Å². The number of rotatable bonds is 4. The molecule has 0 aromatic heterocycles. The number of halogens is 1. The van der Waals surface area contributed by atoms with Gasteiger partial charge in [0.1, 0.15) is 5.02 Å². The molecule has 25 heavy (non-hydrogen) atoms. The summed E-state index contributed by atoms with van der Waals surface area (Å²) in [5.41, 5.74) is 1.02. The first kappa shape index (κ1) is 16.7. The van der Waals surface area contributed by atoms with E-state index in [-0.39, 0.29) is 22.3 Å². The minimum absolute atomic E-state index is 0.0326. The zero-order chi connectivity index (χ0) is 18.0. The fourth-order valence-corrected chi connectivity index (χ4v) is 2.63. The fourth-order valence-electron chi connectivity index (χ4n) is 2.44. The van der Waals surface area contributed by atoms with Crippen molar-refractivity contribution in [3.63, 3.8) is 0 Å². The van der Waals surface area contributed by atoms with E-state index in [0.29, 0.717) is 18.8 Å². The second-order valence-electron chi connectivity index (χ2n) is 5.31. The molecule has 2 N–H and O–H groups in total. The molecular weight excluding hydrogens is 348 g/mol. The lowest BCUT2D eigenvalue weighted by atomic mass is 10.2. The number of carbonyl (C=O) groups is 2. The van der Waals surface area contributed by atoms with Gasteiger partial charge < -0.3 is 10.6 Å². The van der Waals surface area contributed by atoms with Gasteiger partial charge in [-0.1, -0.05) is 11.6 Å². The number of amides is 3. The average Bonchev–Trinajstić information content (AvgIpc) is 3.01. The number of benzene rings is 2. The molecule has 1 fully saturated rings. The first-order valence-corrected chi connectivity index (χ1v) is 7.74. The molecule has 9 heteroatoms. The lowest BCUT2D eigenvalue weighted by molar-refractivity contribution is -0.384. The van der Waals surface area contributed by atoms with Crippen LogP contribution in [0.4, 0.5) is 21.9 Å². The second-order valence-corrected chi connectivity index (χ2v) is 5.72. The lowest BCUT2D eigenvalue weighted by Crippen LogP contribution is -2.27. The van der Waals surface area contributed by atoms with Gasteiger partial charge in [-0.15, -0.1) is 0 Å². The van der Waals surface area contributed by atoms with Gasteiger partial charge in [0.2, 0.25) is 0 Å². The lowest BCUT2D eigenvalue weighted by Gasteiger charge is -2.14. The van der Waals surface area contributed by atoms with Crippen LogP contribution in [0.1, 0.15) is 10.4 Å². The Balaban J connectivity index is 1.74. The SMILES string of the molecule is O=C(Nc1ccc(N2CCNC2=O)cc1)c1ccc(Cl)c([N+](=O)[O-])c1. The molecule has 2 aromatic carbocycles. The zero-order valence-corrected chi connectivity index (χ0v) is 13.6. The van der Waals surface area contributed by atoms with Crippen molar-refractivity contribution in [3.8, 4) is 0 Å². The quantitative estimate of drug-likeness (QED) is 0.645. The summed E-state index contributed by atoms with van der Waals surface area (Å²) in [7, 11) is 0. The van der Waals surface area contributed by atoms with Gasteiger partial charge in [-0.2, -0.15) is 0 Å². The maximum Gasteiger partial charge on any atom is 0.321 e. The van der Waals surface area contributed by atoms with E-state index in [9.17, 15) is 19.7 Å². The van der Waals surface area contributed by atoms with Crippen molar-refractivity contribution >= 4 is 40.6 Å². The van der Waals surface area contributed by atoms with Crippen molar-refractivity contribution < 1.29 is 14.5 Å². The van der Waals surface area contributed by atoms with Crippen LogP contribution in [-0.2, 0) is 0 Å². The van der Waals surface area contributed by atoms with E-state index >= 15 is 0 Å². The maximum absolute atomic E-state index is 12.2. The Morgan fingerprint density at radius 3 is 2.56 bits per heavy atom. The van der Waals surface area contributed by atoms with Gasteiger partial charge in [0.25, 0.3) is 11.6 Å². The molecule has 2 aromatic rings. The van der Waals surface area contributed by atoms with Crippen molar-refractivity contribution in [2.24, 2.45) is 0 Å². The van der Waals surface area contributed by atoms with E-state index in [0.717, 1.165) is 11.8 Å². The highest BCUT2D eigenvalue weighted by Crippen LogP contribution is 2.26. The summed E-state index contributed by atoms with van der Waals surface area (Å²) < 4.78 is 0. The second kappa shape index (κ2) is 6.78. The largest absolute Gasteiger partial charge is 0.336 e. The Kier molecular flexibility index (Phi) is 4.53. The Bertz CT molecular complexity index is 854. The molecule has 0 radical (unpaired) electrons. The third-order valence-electron chi connectivity index (χ3n) is 3.70. The minimum atomic E-state index is -0.644. The van der Waals surface area contributed by atoms with Crippen LogP contribution in [0.5, 0.6) is 0 Å². The van der Waals surface area contributed by atoms with Crippen LogP contribution in [0.2, 0.25) is 5.02 Å². The molecule has 0 atom stereocenters. The highest BCUT2D eigenvalue weighted by molar-refractivity contribution is 6.32. The van der Waals surface area contributed by atoms with Gasteiger partial charge in [-0.05, 0) is 36.4 Å². The van der Waals surface area contributed by atoms with E-state index in [2.05, 4.69) is 10.6 Å². The molecule has 0 unspecified atom stereocenters. The number of hydrogen-bond acceptors (Lipinski definition) is 4. The van der Waals surface area contributed by atoms with Crippen LogP contribution in [0, 0.1) is 10.1 Å². The third-order valence-corrected chi connectivity index (χ3v) is 4.02. The number of nitro benzene ring substituents is 1. The summed E-state index contributed by atoms with van der Waals surface area (Å²) >= 11 is 5.74. The molecule has 3 amide bonds. The molecule has 1 aliphatic rings. The van der Waals surface area contributed by atoms with Gasteiger partial charge in [0.05, 0.1) is 4.92 Å². The van der Waals surface area contributed by atoms with Crippen molar-refractivity contribution in [2.75, 3.05) is 23.3 Å². The molecule has 8 nitrogen and oxygen atoms in total. The Morgan fingerprint density at radius 1 is 1.24 bits per heavy atom. The number of carbonyl (C=O) groups excluding carboxylic acids is 2. The normalized spacial score (nSPS) is 13.5. The third kappa shape index (κ3) is 3.53. The summed E-state index contributed by atoms with van der Waals surface area (Å²) in [6.45, 7) is 1.17. The molecule has 0 aliphatic carbocycles. The van der Waals surface area contributed by atoms with E-state index < -0.39 is 10.8 Å². The molecule has 0 bridgehead atoms. The highest BCUT2D eigenvalue weighted by Gasteiger charge is 2.21. The Labute approximate surface area is 147 Å². The van der Waals surface area contributed by atoms with Crippen molar-refractivity contribution in [3.05, 3.63) is 63.2 Å². The predicted molar refractivity (Wildman–Crippen MR) is 93.2 cm³/mol. The predicted octanol–water partition coefficient (Wildman–Crippen LogP) is 3.03. The number of nitro groups is 1. The molecule has 0 saturated carbocycles. The number of urea groups is 1. The standard InChI is InChI=1S/C16H13ClN4O4/c17-13-6-1-10(9-14(13)21(24)25)15(22)19-11-2-4-12(5-3-11)20-8-7-18-16(20)23/h1-6,9H,7-8H2,(H,18,23)(H,19,22). The molecule has 1 heterocycles. The molecule has 128 valence electrons. The van der Waals surface area contributed by atoms with Gasteiger partial charge in [-0.3, -0.25) is 19.8 Å². The molecule has 0 spiro atoms. The molecule has 1 saturated heterocycles. The van der Waals surface area contributed by atoms with Gasteiger partial charge in [0, 0.05) is 36.1 Å². The highest BCUT2D eigenvalue weighted by atomic mass is 35.5. The van der Waals surface area contributed by atoms with E-state index in [4.69, 9.17) is 11.6 Å². The minimum Gasteiger partial charge on any atom is -0.336 e. The van der Waals surface area contributed by atoms with E-state index in [1.165, 1.54) is 12.1 Å². The summed E-state index contributed by atoms with van der Waals surface area (Å²) in [4.78, 5) is 35.7. The number of hydrogen-bond donors (Lipinski definition) is 2. The van der Waals surface area contributed by atoms with Crippen LogP contribution in [0.3, 0.4) is 0 Å². The fraction of sp³-hybridized carbons (Fsp3) is 0.125. The molecule has 1 aliphatic heterocycles. The molecular formula is C16H13ClN4O4. The van der Waals surface area contributed by atoms with Gasteiger partial charge >= 0.3 is 6.03 Å². The first-order valence-electron chi connectivity index (χ1n) is 7.36. The van der Waals surface area contributed by atoms with E-state index in [1.54, 1.807) is 29.2 Å². The van der Waals surface area contributed by atoms with Gasteiger partial charge in [0.15, 0.2) is 0 Å². The summed E-state index contributed by atoms with van der Waals surface area (Å²) in [5.74, 6) is -0.494. The summed E-state index contributed by atoms with van der Waals surface area (Å²) in [6, 6.07) is 10.4. The number of nitrogens with zero attached hydrogens (tertiary/aromatic N) is 2. The molecule has 3 rings (SSSR count). The number of nitrogens with one attached hydrogen (secondary N) is 2. The average molecular weight is 361 g/mol. The smallest absolute Gasteiger partial charge is 0.321 e. The van der Waals surface area contributed by atoms with Crippen LogP contribution >= 0.6 is 11.6 Å². The summed E-state index contributed by atoms with van der Waals surface area (Å²) in [6.07, 6.45) is 0. The first-order chi connectivity index (χ1) is 12.0.